The fourth-order valence-corrected chi connectivity index (χ4v) is 2.25. The molecule has 0 spiro atoms. The third-order valence-electron chi connectivity index (χ3n) is 3.45. The molecule has 1 amide bonds. The van der Waals surface area contributed by atoms with E-state index < -0.39 is 0 Å². The van der Waals surface area contributed by atoms with Gasteiger partial charge in [-0.15, -0.1) is 0 Å². The number of nitrogen functional groups attached to an aromatic ring is 1. The van der Waals surface area contributed by atoms with Gasteiger partial charge in [-0.3, -0.25) is 4.79 Å². The number of amides is 1. The highest BCUT2D eigenvalue weighted by Crippen LogP contribution is 2.18. The van der Waals surface area contributed by atoms with Crippen LogP contribution in [-0.4, -0.2) is 18.5 Å². The number of para-hydroxylation sites is 1. The lowest BCUT2D eigenvalue weighted by molar-refractivity contribution is -0.117. The molecule has 2 rings (SSSR count). The Morgan fingerprint density at radius 2 is 1.76 bits per heavy atom. The maximum atomic E-state index is 12.4. The van der Waals surface area contributed by atoms with Gasteiger partial charge < -0.3 is 16.0 Å². The Morgan fingerprint density at radius 1 is 1.14 bits per heavy atom. The number of benzene rings is 2. The highest BCUT2D eigenvalue weighted by Gasteiger charge is 2.20. The molecule has 0 saturated heterocycles. The molecule has 4 nitrogen and oxygen atoms in total. The fourth-order valence-electron chi connectivity index (χ4n) is 2.25. The van der Waals surface area contributed by atoms with Gasteiger partial charge in [0.15, 0.2) is 0 Å². The van der Waals surface area contributed by atoms with Crippen molar-refractivity contribution in [2.24, 2.45) is 0 Å². The van der Waals surface area contributed by atoms with Crippen LogP contribution in [0.4, 0.5) is 17.1 Å². The van der Waals surface area contributed by atoms with E-state index in [9.17, 15) is 4.79 Å². The van der Waals surface area contributed by atoms with Crippen LogP contribution in [0.5, 0.6) is 0 Å². The Kier molecular flexibility index (Phi) is 4.82. The third-order valence-corrected chi connectivity index (χ3v) is 3.45. The second-order valence-corrected chi connectivity index (χ2v) is 4.91. The zero-order chi connectivity index (χ0) is 15.2. The van der Waals surface area contributed by atoms with Gasteiger partial charge in [-0.1, -0.05) is 18.2 Å². The monoisotopic (exact) mass is 283 g/mol. The van der Waals surface area contributed by atoms with E-state index in [1.165, 1.54) is 0 Å². The molecule has 110 valence electrons. The number of rotatable bonds is 5. The minimum Gasteiger partial charge on any atom is -0.399 e. The van der Waals surface area contributed by atoms with Gasteiger partial charge in [-0.05, 0) is 50.2 Å². The molecule has 0 fully saturated rings. The van der Waals surface area contributed by atoms with Gasteiger partial charge >= 0.3 is 0 Å². The predicted octanol–water partition coefficient (Wildman–Crippen LogP) is 3.12. The summed E-state index contributed by atoms with van der Waals surface area (Å²) in [5.41, 5.74) is 8.12. The zero-order valence-electron chi connectivity index (χ0n) is 12.4. The summed E-state index contributed by atoms with van der Waals surface area (Å²) in [5, 5.41) is 2.92. The number of likely N-dealkylation sites (N-methyl/N-ethyl adjacent to an activating group) is 1. The minimum atomic E-state index is -0.255. The summed E-state index contributed by atoms with van der Waals surface area (Å²) in [6, 6.07) is 16.8. The molecule has 4 heteroatoms. The average Bonchev–Trinajstić information content (AvgIpc) is 2.51. The van der Waals surface area contributed by atoms with E-state index in [-0.39, 0.29) is 11.9 Å². The van der Waals surface area contributed by atoms with E-state index in [0.29, 0.717) is 5.69 Å². The second kappa shape index (κ2) is 6.79. The Morgan fingerprint density at radius 3 is 2.33 bits per heavy atom. The summed E-state index contributed by atoms with van der Waals surface area (Å²) in [5.74, 6) is -0.0366. The summed E-state index contributed by atoms with van der Waals surface area (Å²) in [6.45, 7) is 4.71. The number of nitrogens with two attached hydrogens (primary N) is 1. The number of carbonyl (C=O) groups excluding carboxylic acids is 1. The molecule has 0 bridgehead atoms. The summed E-state index contributed by atoms with van der Waals surface area (Å²) in [6.07, 6.45) is 0. The molecule has 0 aliphatic carbocycles. The van der Waals surface area contributed by atoms with Crippen LogP contribution in [0, 0.1) is 0 Å². The van der Waals surface area contributed by atoms with Gasteiger partial charge in [-0.2, -0.15) is 0 Å². The Labute approximate surface area is 125 Å². The molecule has 0 aliphatic rings. The van der Waals surface area contributed by atoms with Gasteiger partial charge in [0.05, 0.1) is 0 Å². The normalized spacial score (nSPS) is 11.7. The van der Waals surface area contributed by atoms with Crippen LogP contribution in [-0.2, 0) is 4.79 Å². The minimum absolute atomic E-state index is 0.0366. The first-order valence-corrected chi connectivity index (χ1v) is 7.10. The Balaban J connectivity index is 2.08. The van der Waals surface area contributed by atoms with Crippen molar-refractivity contribution in [3.8, 4) is 0 Å². The van der Waals surface area contributed by atoms with Gasteiger partial charge in [0, 0.05) is 23.6 Å². The van der Waals surface area contributed by atoms with Crippen molar-refractivity contribution >= 4 is 23.0 Å². The van der Waals surface area contributed by atoms with Crippen molar-refractivity contribution in [2.45, 2.75) is 19.9 Å². The molecule has 0 radical (unpaired) electrons. The number of hydrogen-bond acceptors (Lipinski definition) is 3. The lowest BCUT2D eigenvalue weighted by atomic mass is 10.2. The van der Waals surface area contributed by atoms with Crippen LogP contribution in [0.2, 0.25) is 0 Å². The van der Waals surface area contributed by atoms with Crippen molar-refractivity contribution in [1.82, 2.24) is 0 Å². The van der Waals surface area contributed by atoms with Gasteiger partial charge in [-0.25, -0.2) is 0 Å². The molecule has 0 aromatic heterocycles. The molecule has 1 atom stereocenters. The maximum absolute atomic E-state index is 12.4. The molecule has 0 aliphatic heterocycles. The van der Waals surface area contributed by atoms with E-state index in [0.717, 1.165) is 17.9 Å². The van der Waals surface area contributed by atoms with Gasteiger partial charge in [0.2, 0.25) is 5.91 Å². The van der Waals surface area contributed by atoms with Gasteiger partial charge in [0.1, 0.15) is 6.04 Å². The largest absolute Gasteiger partial charge is 0.399 e. The highest BCUT2D eigenvalue weighted by molar-refractivity contribution is 5.96. The SMILES string of the molecule is CCN(c1ccccc1)C(C)C(=O)Nc1ccc(N)cc1. The number of hydrogen-bond donors (Lipinski definition) is 2. The molecule has 3 N–H and O–H groups in total. The molecular formula is C17H21N3O. The third kappa shape index (κ3) is 3.75. The van der Waals surface area contributed by atoms with E-state index in [1.807, 2.05) is 44.2 Å². The van der Waals surface area contributed by atoms with Crippen LogP contribution in [0.15, 0.2) is 54.6 Å². The van der Waals surface area contributed by atoms with E-state index in [1.54, 1.807) is 24.3 Å². The van der Waals surface area contributed by atoms with Gasteiger partial charge in [0.25, 0.3) is 0 Å². The number of nitrogens with zero attached hydrogens (tertiary/aromatic N) is 1. The standard InChI is InChI=1S/C17H21N3O/c1-3-20(16-7-5-4-6-8-16)13(2)17(21)19-15-11-9-14(18)10-12-15/h4-13H,3,18H2,1-2H3,(H,19,21). The molecule has 2 aromatic carbocycles. The smallest absolute Gasteiger partial charge is 0.246 e. The summed E-state index contributed by atoms with van der Waals surface area (Å²) in [4.78, 5) is 14.4. The van der Waals surface area contributed by atoms with Crippen molar-refractivity contribution < 1.29 is 4.79 Å². The van der Waals surface area contributed by atoms with Crippen LogP contribution in [0.3, 0.4) is 0 Å². The van der Waals surface area contributed by atoms with Crippen molar-refractivity contribution in [3.63, 3.8) is 0 Å². The average molecular weight is 283 g/mol. The molecule has 1 unspecified atom stereocenters. The number of carbonyl (C=O) groups is 1. The summed E-state index contributed by atoms with van der Waals surface area (Å²) in [7, 11) is 0. The van der Waals surface area contributed by atoms with Crippen LogP contribution >= 0.6 is 0 Å². The van der Waals surface area contributed by atoms with Crippen LogP contribution in [0.1, 0.15) is 13.8 Å². The molecule has 21 heavy (non-hydrogen) atoms. The van der Waals surface area contributed by atoms with Crippen LogP contribution in [0.25, 0.3) is 0 Å². The van der Waals surface area contributed by atoms with Crippen molar-refractivity contribution in [2.75, 3.05) is 22.5 Å². The topological polar surface area (TPSA) is 58.4 Å². The Bertz CT molecular complexity index is 581. The maximum Gasteiger partial charge on any atom is 0.246 e. The zero-order valence-corrected chi connectivity index (χ0v) is 12.4. The first-order chi connectivity index (χ1) is 10.1. The molecular weight excluding hydrogens is 262 g/mol. The lowest BCUT2D eigenvalue weighted by Gasteiger charge is -2.29. The van der Waals surface area contributed by atoms with E-state index in [2.05, 4.69) is 10.2 Å². The van der Waals surface area contributed by atoms with E-state index >= 15 is 0 Å². The molecule has 0 saturated carbocycles. The first kappa shape index (κ1) is 14.9. The summed E-state index contributed by atoms with van der Waals surface area (Å²) >= 11 is 0. The predicted molar refractivity (Wildman–Crippen MR) is 88.4 cm³/mol. The Hall–Kier alpha value is -2.49. The number of nitrogens with one attached hydrogen (secondary N) is 1. The fraction of sp³-hybridized carbons (Fsp3) is 0.235. The molecule has 2 aromatic rings. The second-order valence-electron chi connectivity index (χ2n) is 4.91. The van der Waals surface area contributed by atoms with Crippen LogP contribution < -0.4 is 16.0 Å². The highest BCUT2D eigenvalue weighted by atomic mass is 16.2. The first-order valence-electron chi connectivity index (χ1n) is 7.10. The quantitative estimate of drug-likeness (QED) is 0.829. The summed E-state index contributed by atoms with van der Waals surface area (Å²) < 4.78 is 0. The van der Waals surface area contributed by atoms with E-state index in [4.69, 9.17) is 5.73 Å². The van der Waals surface area contributed by atoms with Crippen molar-refractivity contribution in [1.29, 1.82) is 0 Å². The number of anilines is 3. The molecule has 0 heterocycles. The van der Waals surface area contributed by atoms with Crippen molar-refractivity contribution in [3.05, 3.63) is 54.6 Å². The lowest BCUT2D eigenvalue weighted by Crippen LogP contribution is -2.42.